The maximum atomic E-state index is 12.6. The molecule has 0 radical (unpaired) electrons. The summed E-state index contributed by atoms with van der Waals surface area (Å²) in [6, 6.07) is 16.9. The lowest BCUT2D eigenvalue weighted by Gasteiger charge is -2.67. The van der Waals surface area contributed by atoms with E-state index < -0.39 is 17.5 Å². The molecule has 5 heterocycles. The zero-order valence-corrected chi connectivity index (χ0v) is 33.8. The van der Waals surface area contributed by atoms with E-state index in [1.165, 1.54) is 0 Å². The van der Waals surface area contributed by atoms with E-state index in [1.54, 1.807) is 29.3 Å². The van der Waals surface area contributed by atoms with E-state index in [0.717, 1.165) is 87.7 Å². The summed E-state index contributed by atoms with van der Waals surface area (Å²) in [6.45, 7) is 15.7. The SMILES string of the molecule is CC1(C)CC(C)(C)C1(Oc1ccc(C#N)c(Cl)c1)c1cc(C(N)=O)ccc1N1CCC(CN2CCN(c3ccn4c(N5CCC(=O)NC5=O)cnc4c3)CC2)CC1. The molecule has 57 heavy (non-hydrogen) atoms. The van der Waals surface area contributed by atoms with Gasteiger partial charge in [0.1, 0.15) is 28.9 Å². The number of fused-ring (bicyclic) bond motifs is 1. The number of ether oxygens (including phenoxy) is 1. The number of hydrogen-bond acceptors (Lipinski definition) is 9. The minimum atomic E-state index is -0.815. The van der Waals surface area contributed by atoms with Gasteiger partial charge in [0.05, 0.1) is 16.8 Å². The molecule has 1 saturated carbocycles. The molecule has 4 aromatic rings. The van der Waals surface area contributed by atoms with Gasteiger partial charge in [0.2, 0.25) is 11.8 Å². The molecule has 0 spiro atoms. The third-order valence-electron chi connectivity index (χ3n) is 12.8. The van der Waals surface area contributed by atoms with Crippen LogP contribution in [0, 0.1) is 28.1 Å². The fraction of sp³-hybridized carbons (Fsp3) is 0.465. The Hall–Kier alpha value is -5.32. The minimum Gasteiger partial charge on any atom is -0.481 e. The molecule has 4 aliphatic rings. The molecular weight excluding hydrogens is 742 g/mol. The lowest BCUT2D eigenvalue weighted by atomic mass is 9.42. The van der Waals surface area contributed by atoms with Crippen LogP contribution in [-0.4, -0.2) is 84.5 Å². The predicted molar refractivity (Wildman–Crippen MR) is 220 cm³/mol. The largest absolute Gasteiger partial charge is 0.481 e. The summed E-state index contributed by atoms with van der Waals surface area (Å²) in [4.78, 5) is 50.3. The first-order valence-corrected chi connectivity index (χ1v) is 20.2. The van der Waals surface area contributed by atoms with Crippen LogP contribution in [0.15, 0.2) is 60.9 Å². The van der Waals surface area contributed by atoms with Crippen LogP contribution in [0.5, 0.6) is 5.75 Å². The summed E-state index contributed by atoms with van der Waals surface area (Å²) < 4.78 is 8.99. The van der Waals surface area contributed by atoms with Gasteiger partial charge in [0.25, 0.3) is 0 Å². The van der Waals surface area contributed by atoms with Gasteiger partial charge >= 0.3 is 6.03 Å². The molecule has 2 aromatic carbocycles. The molecule has 8 rings (SSSR count). The second-order valence-electron chi connectivity index (χ2n) is 17.3. The molecule has 4 fully saturated rings. The number of pyridine rings is 1. The van der Waals surface area contributed by atoms with E-state index >= 15 is 0 Å². The van der Waals surface area contributed by atoms with Crippen molar-refractivity contribution in [1.82, 2.24) is 19.6 Å². The van der Waals surface area contributed by atoms with Gasteiger partial charge in [-0.25, -0.2) is 9.78 Å². The molecule has 298 valence electrons. The number of urea groups is 1. The van der Waals surface area contributed by atoms with Gasteiger partial charge in [-0.3, -0.25) is 29.1 Å². The first kappa shape index (κ1) is 38.5. The number of carbonyl (C=O) groups excluding carboxylic acids is 3. The molecule has 4 amide bonds. The summed E-state index contributed by atoms with van der Waals surface area (Å²) >= 11 is 6.50. The molecule has 13 nitrogen and oxygen atoms in total. The number of imide groups is 1. The maximum Gasteiger partial charge on any atom is 0.329 e. The summed E-state index contributed by atoms with van der Waals surface area (Å²) in [5.74, 6) is 1.05. The van der Waals surface area contributed by atoms with Gasteiger partial charge in [-0.05, 0) is 61.6 Å². The van der Waals surface area contributed by atoms with Crippen molar-refractivity contribution in [2.75, 3.05) is 67.1 Å². The van der Waals surface area contributed by atoms with Gasteiger partial charge in [-0.15, -0.1) is 0 Å². The number of nitrogens with zero attached hydrogens (tertiary/aromatic N) is 7. The molecule has 14 heteroatoms. The summed E-state index contributed by atoms with van der Waals surface area (Å²) in [5.41, 5.74) is 9.17. The van der Waals surface area contributed by atoms with Crippen molar-refractivity contribution in [3.8, 4) is 11.8 Å². The number of piperidine rings is 1. The molecule has 2 aromatic heterocycles. The number of nitrogens with two attached hydrogens (primary N) is 1. The van der Waals surface area contributed by atoms with Gasteiger partial charge in [-0.1, -0.05) is 39.3 Å². The quantitative estimate of drug-likeness (QED) is 0.203. The number of carbonyl (C=O) groups is 3. The number of anilines is 3. The third kappa shape index (κ3) is 6.82. The average molecular weight is 792 g/mol. The Morgan fingerprint density at radius 3 is 2.35 bits per heavy atom. The minimum absolute atomic E-state index is 0.259. The Balaban J connectivity index is 0.938. The van der Waals surface area contributed by atoms with Crippen LogP contribution in [0.2, 0.25) is 5.02 Å². The van der Waals surface area contributed by atoms with Crippen LogP contribution in [0.1, 0.15) is 74.9 Å². The van der Waals surface area contributed by atoms with Crippen LogP contribution in [0.25, 0.3) is 5.65 Å². The maximum absolute atomic E-state index is 12.6. The average Bonchev–Trinajstić information content (AvgIpc) is 3.60. The molecule has 3 N–H and O–H groups in total. The number of halogens is 1. The first-order valence-electron chi connectivity index (χ1n) is 19.8. The smallest absolute Gasteiger partial charge is 0.329 e. The zero-order chi connectivity index (χ0) is 40.3. The number of amides is 4. The predicted octanol–water partition coefficient (Wildman–Crippen LogP) is 6.17. The van der Waals surface area contributed by atoms with Gasteiger partial charge in [0, 0.05) is 110 Å². The van der Waals surface area contributed by atoms with E-state index in [1.807, 2.05) is 28.8 Å². The number of primary amides is 1. The number of nitrogens with one attached hydrogen (secondary N) is 1. The van der Waals surface area contributed by atoms with Crippen LogP contribution in [-0.2, 0) is 10.4 Å². The van der Waals surface area contributed by atoms with E-state index in [0.29, 0.717) is 40.2 Å². The monoisotopic (exact) mass is 791 g/mol. The topological polar surface area (TPSA) is 153 Å². The number of hydrogen-bond donors (Lipinski definition) is 2. The second kappa shape index (κ2) is 14.6. The first-order chi connectivity index (χ1) is 27.2. The van der Waals surface area contributed by atoms with E-state index in [2.05, 4.69) is 70.9 Å². The number of imidazole rings is 1. The lowest BCUT2D eigenvalue weighted by Crippen LogP contribution is -2.67. The number of nitriles is 1. The highest BCUT2D eigenvalue weighted by molar-refractivity contribution is 6.31. The van der Waals surface area contributed by atoms with Crippen molar-refractivity contribution in [3.05, 3.63) is 82.6 Å². The number of benzene rings is 2. The Morgan fingerprint density at radius 2 is 1.70 bits per heavy atom. The highest BCUT2D eigenvalue weighted by Crippen LogP contribution is 2.69. The summed E-state index contributed by atoms with van der Waals surface area (Å²) in [6.07, 6.45) is 6.90. The van der Waals surface area contributed by atoms with E-state index in [9.17, 15) is 19.6 Å². The lowest BCUT2D eigenvalue weighted by molar-refractivity contribution is -0.237. The molecule has 3 saturated heterocycles. The van der Waals surface area contributed by atoms with Crippen molar-refractivity contribution >= 4 is 52.3 Å². The van der Waals surface area contributed by atoms with E-state index in [4.69, 9.17) is 22.1 Å². The number of piperazine rings is 1. The fourth-order valence-corrected chi connectivity index (χ4v) is 10.6. The van der Waals surface area contributed by atoms with Crippen molar-refractivity contribution in [2.45, 2.75) is 59.0 Å². The normalized spacial score (nSPS) is 20.9. The van der Waals surface area contributed by atoms with E-state index in [-0.39, 0.29) is 23.2 Å². The van der Waals surface area contributed by atoms with Crippen LogP contribution >= 0.6 is 11.6 Å². The molecule has 0 atom stereocenters. The van der Waals surface area contributed by atoms with Crippen LogP contribution < -0.4 is 30.5 Å². The third-order valence-corrected chi connectivity index (χ3v) is 13.1. The zero-order valence-electron chi connectivity index (χ0n) is 33.1. The Kier molecular flexibility index (Phi) is 9.85. The number of aromatic nitrogens is 2. The molecule has 0 bridgehead atoms. The van der Waals surface area contributed by atoms with Gasteiger partial charge < -0.3 is 20.3 Å². The molecule has 0 unspecified atom stereocenters. The second-order valence-corrected chi connectivity index (χ2v) is 17.7. The fourth-order valence-electron chi connectivity index (χ4n) is 10.3. The number of rotatable bonds is 9. The molecular formula is C43H50ClN9O4. The van der Waals surface area contributed by atoms with Crippen LogP contribution in [0.4, 0.5) is 22.0 Å². The van der Waals surface area contributed by atoms with Crippen LogP contribution in [0.3, 0.4) is 0 Å². The summed E-state index contributed by atoms with van der Waals surface area (Å²) in [5, 5.41) is 12.2. The Morgan fingerprint density at radius 1 is 0.965 bits per heavy atom. The highest BCUT2D eigenvalue weighted by atomic mass is 35.5. The van der Waals surface area contributed by atoms with Crippen molar-refractivity contribution < 1.29 is 19.1 Å². The van der Waals surface area contributed by atoms with Gasteiger partial charge in [0.15, 0.2) is 0 Å². The Labute approximate surface area is 338 Å². The highest BCUT2D eigenvalue weighted by Gasteiger charge is 2.69. The molecule has 3 aliphatic heterocycles. The van der Waals surface area contributed by atoms with Crippen molar-refractivity contribution in [3.63, 3.8) is 0 Å². The van der Waals surface area contributed by atoms with Gasteiger partial charge in [-0.2, -0.15) is 5.26 Å². The molecule has 1 aliphatic carbocycles. The van der Waals surface area contributed by atoms with Crippen molar-refractivity contribution in [1.29, 1.82) is 5.26 Å². The Bertz CT molecular complexity index is 2270. The summed E-state index contributed by atoms with van der Waals surface area (Å²) in [7, 11) is 0. The standard InChI is InChI=1S/C43H50ClN9O4/c1-41(2)27-42(3,4)43(41,57-32-7-5-30(24-45)34(44)23-32)33-21-29(39(46)55)6-8-35(33)51-13-9-28(10-14-51)26-49-17-19-50(20-18-49)31-11-15-52-36(22-31)47-25-38(52)53-16-12-37(54)48-40(53)56/h5-8,11,15,21-23,25,28H,9-10,12-14,16-20,26-27H2,1-4H3,(H2,46,55)(H,48,54,56). The van der Waals surface area contributed by atoms with Crippen molar-refractivity contribution in [2.24, 2.45) is 22.5 Å².